The van der Waals surface area contributed by atoms with Crippen LogP contribution in [0.15, 0.2) is 24.3 Å². The summed E-state index contributed by atoms with van der Waals surface area (Å²) in [6.07, 6.45) is 3.99. The first-order chi connectivity index (χ1) is 13.1. The smallest absolute Gasteiger partial charge is 0.332 e. The van der Waals surface area contributed by atoms with Gasteiger partial charge in [0.2, 0.25) is 0 Å². The van der Waals surface area contributed by atoms with E-state index in [1.54, 1.807) is 0 Å². The molecule has 0 spiro atoms. The van der Waals surface area contributed by atoms with Gasteiger partial charge in [0.1, 0.15) is 11.6 Å². The maximum atomic E-state index is 11.6. The Kier molecular flexibility index (Phi) is 6.72. The maximum absolute atomic E-state index is 11.6. The van der Waals surface area contributed by atoms with Crippen LogP contribution in [0.3, 0.4) is 0 Å². The predicted octanol–water partition coefficient (Wildman–Crippen LogP) is 2.12. The summed E-state index contributed by atoms with van der Waals surface area (Å²) < 4.78 is 11.1. The highest BCUT2D eigenvalue weighted by Crippen LogP contribution is 2.21. The lowest BCUT2D eigenvalue weighted by Crippen LogP contribution is -2.45. The molecule has 3 rings (SSSR count). The number of imide groups is 1. The number of benzene rings is 1. The van der Waals surface area contributed by atoms with Crippen LogP contribution in [0.1, 0.15) is 30.7 Å². The zero-order valence-corrected chi connectivity index (χ0v) is 15.5. The third kappa shape index (κ3) is 6.00. The standard InChI is InChI=1S/C18H21N3O5S/c22-15(21-18(24)19-12-5-1-2-6-12)9-26-17(23)11-25-10-16-20-13-7-3-4-8-14(13)27-16/h3-4,7-8,12H,1-2,5-6,9-11H2,(H2,19,21,22,24). The molecule has 1 aromatic heterocycles. The number of para-hydroxylation sites is 1. The van der Waals surface area contributed by atoms with Gasteiger partial charge in [-0.2, -0.15) is 0 Å². The van der Waals surface area contributed by atoms with Crippen molar-refractivity contribution in [2.45, 2.75) is 38.3 Å². The molecule has 0 unspecified atom stereocenters. The fourth-order valence-electron chi connectivity index (χ4n) is 2.85. The van der Waals surface area contributed by atoms with E-state index in [1.165, 1.54) is 11.3 Å². The minimum Gasteiger partial charge on any atom is -0.454 e. The van der Waals surface area contributed by atoms with Crippen LogP contribution in [-0.4, -0.2) is 42.1 Å². The molecule has 9 heteroatoms. The summed E-state index contributed by atoms with van der Waals surface area (Å²) >= 11 is 1.49. The average Bonchev–Trinajstić information content (AvgIpc) is 3.28. The number of hydrogen-bond acceptors (Lipinski definition) is 7. The number of thiazole rings is 1. The van der Waals surface area contributed by atoms with Crippen molar-refractivity contribution in [3.63, 3.8) is 0 Å². The molecular formula is C18H21N3O5S. The number of nitrogens with one attached hydrogen (secondary N) is 2. The van der Waals surface area contributed by atoms with E-state index in [0.29, 0.717) is 0 Å². The van der Waals surface area contributed by atoms with Gasteiger partial charge in [-0.3, -0.25) is 10.1 Å². The topological polar surface area (TPSA) is 107 Å². The van der Waals surface area contributed by atoms with Crippen molar-refractivity contribution in [3.05, 3.63) is 29.3 Å². The second kappa shape index (κ2) is 9.43. The largest absolute Gasteiger partial charge is 0.454 e. The van der Waals surface area contributed by atoms with Gasteiger partial charge < -0.3 is 14.8 Å². The van der Waals surface area contributed by atoms with Crippen LogP contribution >= 0.6 is 11.3 Å². The van der Waals surface area contributed by atoms with Crippen LogP contribution in [0.2, 0.25) is 0 Å². The van der Waals surface area contributed by atoms with Gasteiger partial charge in [0.25, 0.3) is 5.91 Å². The lowest BCUT2D eigenvalue weighted by molar-refractivity contribution is -0.153. The van der Waals surface area contributed by atoms with Gasteiger partial charge in [-0.05, 0) is 25.0 Å². The van der Waals surface area contributed by atoms with Gasteiger partial charge in [-0.15, -0.1) is 11.3 Å². The SMILES string of the molecule is O=C(COC(=O)COCc1nc2ccccc2s1)NC(=O)NC1CCCC1. The molecule has 3 amide bonds. The molecule has 0 saturated heterocycles. The molecule has 144 valence electrons. The first-order valence-corrected chi connectivity index (χ1v) is 9.60. The highest BCUT2D eigenvalue weighted by Gasteiger charge is 2.18. The molecule has 1 aliphatic rings. The van der Waals surface area contributed by atoms with E-state index in [2.05, 4.69) is 15.6 Å². The Morgan fingerprint density at radius 3 is 2.70 bits per heavy atom. The Morgan fingerprint density at radius 1 is 1.15 bits per heavy atom. The van der Waals surface area contributed by atoms with Crippen LogP contribution in [-0.2, 0) is 25.7 Å². The van der Waals surface area contributed by atoms with Crippen LogP contribution in [0, 0.1) is 0 Å². The monoisotopic (exact) mass is 391 g/mol. The second-order valence-corrected chi connectivity index (χ2v) is 7.35. The van der Waals surface area contributed by atoms with Gasteiger partial charge in [-0.25, -0.2) is 14.6 Å². The number of esters is 1. The van der Waals surface area contributed by atoms with E-state index < -0.39 is 24.5 Å². The normalized spacial score (nSPS) is 14.2. The fraction of sp³-hybridized carbons (Fsp3) is 0.444. The van der Waals surface area contributed by atoms with E-state index in [0.717, 1.165) is 40.9 Å². The molecule has 8 nitrogen and oxygen atoms in total. The Hall–Kier alpha value is -2.52. The third-order valence-electron chi connectivity index (χ3n) is 4.09. The number of urea groups is 1. The summed E-state index contributed by atoms with van der Waals surface area (Å²) in [5, 5.41) is 5.62. The molecule has 2 aromatic rings. The van der Waals surface area contributed by atoms with E-state index in [9.17, 15) is 14.4 Å². The van der Waals surface area contributed by atoms with Crippen LogP contribution in [0.4, 0.5) is 4.79 Å². The molecule has 0 bridgehead atoms. The Balaban J connectivity index is 1.30. The maximum Gasteiger partial charge on any atom is 0.332 e. The molecule has 1 aromatic carbocycles. The highest BCUT2D eigenvalue weighted by atomic mass is 32.1. The number of carbonyl (C=O) groups excluding carboxylic acids is 3. The average molecular weight is 391 g/mol. The van der Waals surface area contributed by atoms with E-state index in [-0.39, 0.29) is 19.3 Å². The zero-order chi connectivity index (χ0) is 19.1. The summed E-state index contributed by atoms with van der Waals surface area (Å²) in [6, 6.07) is 7.26. The third-order valence-corrected chi connectivity index (χ3v) is 5.10. The summed E-state index contributed by atoms with van der Waals surface area (Å²) in [5.41, 5.74) is 0.885. The second-order valence-electron chi connectivity index (χ2n) is 6.23. The first kappa shape index (κ1) is 19.2. The van der Waals surface area contributed by atoms with Crippen molar-refractivity contribution in [2.24, 2.45) is 0 Å². The molecular weight excluding hydrogens is 370 g/mol. The van der Waals surface area contributed by atoms with Crippen LogP contribution in [0.5, 0.6) is 0 Å². The summed E-state index contributed by atoms with van der Waals surface area (Å²) in [5.74, 6) is -1.35. The van der Waals surface area contributed by atoms with Gasteiger partial charge >= 0.3 is 12.0 Å². The molecule has 27 heavy (non-hydrogen) atoms. The lowest BCUT2D eigenvalue weighted by Gasteiger charge is -2.12. The Bertz CT molecular complexity index is 783. The molecule has 0 aliphatic heterocycles. The van der Waals surface area contributed by atoms with E-state index in [4.69, 9.17) is 9.47 Å². The minimum absolute atomic E-state index is 0.108. The number of ether oxygens (including phenoxy) is 2. The first-order valence-electron chi connectivity index (χ1n) is 8.78. The van der Waals surface area contributed by atoms with Crippen LogP contribution in [0.25, 0.3) is 10.2 Å². The molecule has 2 N–H and O–H groups in total. The number of hydrogen-bond donors (Lipinski definition) is 2. The fourth-order valence-corrected chi connectivity index (χ4v) is 3.75. The van der Waals surface area contributed by atoms with Crippen molar-refractivity contribution in [3.8, 4) is 0 Å². The molecule has 1 fully saturated rings. The number of aromatic nitrogens is 1. The summed E-state index contributed by atoms with van der Waals surface area (Å²) in [4.78, 5) is 39.3. The number of carbonyl (C=O) groups is 3. The van der Waals surface area contributed by atoms with Gasteiger partial charge in [0.05, 0.1) is 16.8 Å². The van der Waals surface area contributed by atoms with Crippen molar-refractivity contribution in [1.82, 2.24) is 15.6 Å². The van der Waals surface area contributed by atoms with Crippen molar-refractivity contribution < 1.29 is 23.9 Å². The minimum atomic E-state index is -0.678. The summed E-state index contributed by atoms with van der Waals surface area (Å²) in [6.45, 7) is -0.636. The molecule has 1 saturated carbocycles. The van der Waals surface area contributed by atoms with E-state index in [1.807, 2.05) is 24.3 Å². The van der Waals surface area contributed by atoms with Crippen molar-refractivity contribution >= 4 is 39.5 Å². The quantitative estimate of drug-likeness (QED) is 0.700. The Morgan fingerprint density at radius 2 is 1.93 bits per heavy atom. The van der Waals surface area contributed by atoms with Crippen LogP contribution < -0.4 is 10.6 Å². The van der Waals surface area contributed by atoms with Gasteiger partial charge in [-0.1, -0.05) is 25.0 Å². The number of rotatable bonds is 7. The zero-order valence-electron chi connectivity index (χ0n) is 14.7. The van der Waals surface area contributed by atoms with Gasteiger partial charge in [0, 0.05) is 6.04 Å². The number of nitrogens with zero attached hydrogens (tertiary/aromatic N) is 1. The van der Waals surface area contributed by atoms with E-state index >= 15 is 0 Å². The molecule has 1 heterocycles. The molecule has 0 atom stereocenters. The molecule has 1 aliphatic carbocycles. The number of amides is 3. The molecule has 0 radical (unpaired) electrons. The predicted molar refractivity (Wildman–Crippen MR) is 99.2 cm³/mol. The highest BCUT2D eigenvalue weighted by molar-refractivity contribution is 7.18. The van der Waals surface area contributed by atoms with Crippen molar-refractivity contribution in [2.75, 3.05) is 13.2 Å². The van der Waals surface area contributed by atoms with Crippen molar-refractivity contribution in [1.29, 1.82) is 0 Å². The number of fused-ring (bicyclic) bond motifs is 1. The summed E-state index contributed by atoms with van der Waals surface area (Å²) in [7, 11) is 0. The Labute approximate surface area is 160 Å². The van der Waals surface area contributed by atoms with Gasteiger partial charge in [0.15, 0.2) is 6.61 Å². The lowest BCUT2D eigenvalue weighted by atomic mass is 10.2.